The van der Waals surface area contributed by atoms with E-state index >= 15 is 0 Å². The van der Waals surface area contributed by atoms with Gasteiger partial charge in [-0.05, 0) is 49.6 Å². The fourth-order valence-electron chi connectivity index (χ4n) is 2.79. The third-order valence-corrected chi connectivity index (χ3v) is 4.81. The van der Waals surface area contributed by atoms with Gasteiger partial charge in [-0.2, -0.15) is 0 Å². The Morgan fingerprint density at radius 3 is 2.52 bits per heavy atom. The highest BCUT2D eigenvalue weighted by Gasteiger charge is 2.49. The second-order valence-corrected chi connectivity index (χ2v) is 6.49. The Hall–Kier alpha value is -1.68. The SMILES string of the molecule is CC(NC(=O)c1ccccn1)C1(c2ccc(Br)cc2)CC1. The number of amides is 1. The minimum atomic E-state index is -0.105. The molecule has 1 heterocycles. The summed E-state index contributed by atoms with van der Waals surface area (Å²) in [7, 11) is 0. The van der Waals surface area contributed by atoms with Crippen molar-refractivity contribution in [1.82, 2.24) is 10.3 Å². The number of nitrogens with zero attached hydrogens (tertiary/aromatic N) is 1. The van der Waals surface area contributed by atoms with Crippen LogP contribution in [0.25, 0.3) is 0 Å². The van der Waals surface area contributed by atoms with Crippen LogP contribution in [0.5, 0.6) is 0 Å². The van der Waals surface area contributed by atoms with Crippen LogP contribution in [-0.4, -0.2) is 16.9 Å². The maximum absolute atomic E-state index is 12.2. The molecule has 1 N–H and O–H groups in total. The Balaban J connectivity index is 1.75. The molecule has 1 fully saturated rings. The van der Waals surface area contributed by atoms with Gasteiger partial charge in [0.15, 0.2) is 0 Å². The first-order chi connectivity index (χ1) is 10.1. The predicted molar refractivity (Wildman–Crippen MR) is 86.2 cm³/mol. The molecule has 1 aromatic carbocycles. The first-order valence-corrected chi connectivity index (χ1v) is 7.89. The van der Waals surface area contributed by atoms with Crippen molar-refractivity contribution in [3.63, 3.8) is 0 Å². The van der Waals surface area contributed by atoms with E-state index in [0.717, 1.165) is 17.3 Å². The summed E-state index contributed by atoms with van der Waals surface area (Å²) in [5.41, 5.74) is 1.83. The van der Waals surface area contributed by atoms with Gasteiger partial charge in [-0.3, -0.25) is 9.78 Å². The zero-order chi connectivity index (χ0) is 14.9. The second-order valence-electron chi connectivity index (χ2n) is 5.57. The topological polar surface area (TPSA) is 42.0 Å². The fraction of sp³-hybridized carbons (Fsp3) is 0.294. The zero-order valence-corrected chi connectivity index (χ0v) is 13.4. The van der Waals surface area contributed by atoms with E-state index in [-0.39, 0.29) is 17.4 Å². The third kappa shape index (κ3) is 2.86. The van der Waals surface area contributed by atoms with Crippen LogP contribution in [0, 0.1) is 0 Å². The number of halogens is 1. The van der Waals surface area contributed by atoms with E-state index in [4.69, 9.17) is 0 Å². The molecule has 0 aliphatic heterocycles. The molecule has 1 aliphatic carbocycles. The molecule has 0 spiro atoms. The van der Waals surface area contributed by atoms with E-state index in [9.17, 15) is 4.79 Å². The van der Waals surface area contributed by atoms with Gasteiger partial charge in [0.1, 0.15) is 5.69 Å². The minimum absolute atomic E-state index is 0.0745. The van der Waals surface area contributed by atoms with Crippen LogP contribution >= 0.6 is 15.9 Å². The molecule has 1 aliphatic rings. The Kier molecular flexibility index (Phi) is 3.81. The third-order valence-electron chi connectivity index (χ3n) is 4.28. The van der Waals surface area contributed by atoms with Crippen molar-refractivity contribution < 1.29 is 4.79 Å². The quantitative estimate of drug-likeness (QED) is 0.918. The number of aromatic nitrogens is 1. The molecular formula is C17H17BrN2O. The van der Waals surface area contributed by atoms with Crippen molar-refractivity contribution in [2.75, 3.05) is 0 Å². The summed E-state index contributed by atoms with van der Waals surface area (Å²) in [6, 6.07) is 13.9. The number of benzene rings is 1. The van der Waals surface area contributed by atoms with E-state index < -0.39 is 0 Å². The zero-order valence-electron chi connectivity index (χ0n) is 11.8. The molecule has 0 radical (unpaired) electrons. The van der Waals surface area contributed by atoms with Gasteiger partial charge >= 0.3 is 0 Å². The van der Waals surface area contributed by atoms with E-state index in [0.29, 0.717) is 5.69 Å². The van der Waals surface area contributed by atoms with Crippen LogP contribution < -0.4 is 5.32 Å². The van der Waals surface area contributed by atoms with Crippen LogP contribution in [0.3, 0.4) is 0 Å². The molecule has 0 bridgehead atoms. The molecule has 3 nitrogen and oxygen atoms in total. The summed E-state index contributed by atoms with van der Waals surface area (Å²) in [5.74, 6) is -0.105. The van der Waals surface area contributed by atoms with Gasteiger partial charge in [-0.1, -0.05) is 34.1 Å². The molecule has 1 saturated carbocycles. The lowest BCUT2D eigenvalue weighted by Gasteiger charge is -2.25. The average Bonchev–Trinajstić information content (AvgIpc) is 3.30. The molecule has 4 heteroatoms. The number of carbonyl (C=O) groups excluding carboxylic acids is 1. The number of hydrogen-bond donors (Lipinski definition) is 1. The highest BCUT2D eigenvalue weighted by Crippen LogP contribution is 2.51. The largest absolute Gasteiger partial charge is 0.347 e. The monoisotopic (exact) mass is 344 g/mol. The summed E-state index contributed by atoms with van der Waals surface area (Å²) in [4.78, 5) is 16.3. The van der Waals surface area contributed by atoms with Gasteiger partial charge in [0.25, 0.3) is 5.91 Å². The van der Waals surface area contributed by atoms with Crippen LogP contribution in [-0.2, 0) is 5.41 Å². The Bertz CT molecular complexity index is 636. The Morgan fingerprint density at radius 1 is 1.24 bits per heavy atom. The Morgan fingerprint density at radius 2 is 1.95 bits per heavy atom. The van der Waals surface area contributed by atoms with Gasteiger partial charge in [0.2, 0.25) is 0 Å². The molecule has 1 aromatic heterocycles. The Labute approximate surface area is 132 Å². The van der Waals surface area contributed by atoms with Crippen molar-refractivity contribution in [2.24, 2.45) is 0 Å². The van der Waals surface area contributed by atoms with Crippen molar-refractivity contribution in [1.29, 1.82) is 0 Å². The lowest BCUT2D eigenvalue weighted by molar-refractivity contribution is 0.0927. The van der Waals surface area contributed by atoms with Crippen molar-refractivity contribution in [2.45, 2.75) is 31.2 Å². The van der Waals surface area contributed by atoms with Crippen LogP contribution in [0.2, 0.25) is 0 Å². The molecular weight excluding hydrogens is 328 g/mol. The number of rotatable bonds is 4. The standard InChI is InChI=1S/C17H17BrN2O/c1-12(20-16(21)15-4-2-3-11-19-15)17(9-10-17)13-5-7-14(18)8-6-13/h2-8,11-12H,9-10H2,1H3,(H,20,21). The number of nitrogens with one attached hydrogen (secondary N) is 1. The summed E-state index contributed by atoms with van der Waals surface area (Å²) in [6.45, 7) is 2.08. The van der Waals surface area contributed by atoms with Crippen LogP contribution in [0.4, 0.5) is 0 Å². The van der Waals surface area contributed by atoms with E-state index in [1.54, 1.807) is 12.3 Å². The molecule has 2 aromatic rings. The lowest BCUT2D eigenvalue weighted by atomic mass is 9.89. The highest BCUT2D eigenvalue weighted by atomic mass is 79.9. The summed E-state index contributed by atoms with van der Waals surface area (Å²) in [6.07, 6.45) is 3.86. The van der Waals surface area contributed by atoms with Crippen molar-refractivity contribution in [3.05, 3.63) is 64.4 Å². The predicted octanol–water partition coefficient (Wildman–Crippen LogP) is 3.69. The van der Waals surface area contributed by atoms with Crippen LogP contribution in [0.15, 0.2) is 53.1 Å². The van der Waals surface area contributed by atoms with E-state index in [1.807, 2.05) is 12.1 Å². The van der Waals surface area contributed by atoms with E-state index in [2.05, 4.69) is 57.4 Å². The van der Waals surface area contributed by atoms with Crippen LogP contribution in [0.1, 0.15) is 35.8 Å². The van der Waals surface area contributed by atoms with Gasteiger partial charge in [0.05, 0.1) is 0 Å². The normalized spacial score (nSPS) is 17.0. The van der Waals surface area contributed by atoms with Crippen molar-refractivity contribution >= 4 is 21.8 Å². The first-order valence-electron chi connectivity index (χ1n) is 7.10. The highest BCUT2D eigenvalue weighted by molar-refractivity contribution is 9.10. The summed E-state index contributed by atoms with van der Waals surface area (Å²) < 4.78 is 1.08. The van der Waals surface area contributed by atoms with E-state index in [1.165, 1.54) is 5.56 Å². The van der Waals surface area contributed by atoms with Gasteiger partial charge in [-0.25, -0.2) is 0 Å². The fourth-order valence-corrected chi connectivity index (χ4v) is 3.06. The minimum Gasteiger partial charge on any atom is -0.347 e. The summed E-state index contributed by atoms with van der Waals surface area (Å²) in [5, 5.41) is 3.10. The first kappa shape index (κ1) is 14.3. The summed E-state index contributed by atoms with van der Waals surface area (Å²) >= 11 is 3.46. The molecule has 108 valence electrons. The second kappa shape index (κ2) is 5.60. The van der Waals surface area contributed by atoms with Gasteiger partial charge < -0.3 is 5.32 Å². The molecule has 1 atom stereocenters. The lowest BCUT2D eigenvalue weighted by Crippen LogP contribution is -2.41. The molecule has 3 rings (SSSR count). The number of carbonyl (C=O) groups is 1. The van der Waals surface area contributed by atoms with Gasteiger partial charge in [0, 0.05) is 22.1 Å². The maximum atomic E-state index is 12.2. The number of hydrogen-bond acceptors (Lipinski definition) is 2. The smallest absolute Gasteiger partial charge is 0.270 e. The molecule has 1 unspecified atom stereocenters. The molecule has 0 saturated heterocycles. The average molecular weight is 345 g/mol. The number of pyridine rings is 1. The molecule has 21 heavy (non-hydrogen) atoms. The molecule has 1 amide bonds. The van der Waals surface area contributed by atoms with Crippen molar-refractivity contribution in [3.8, 4) is 0 Å². The maximum Gasteiger partial charge on any atom is 0.270 e. The van der Waals surface area contributed by atoms with Gasteiger partial charge in [-0.15, -0.1) is 0 Å².